The topological polar surface area (TPSA) is 119 Å². The molecule has 140 valence electrons. The SMILES string of the molecule is CC(=O)OC[C@H](Cc1ccccc1)Nc1nc2c(ncn2C(C)=O)c(=O)[nH]1. The Hall–Kier alpha value is -3.49. The zero-order valence-corrected chi connectivity index (χ0v) is 14.9. The fraction of sp³-hybridized carbons (Fsp3) is 0.278. The number of benzene rings is 1. The van der Waals surface area contributed by atoms with E-state index in [1.807, 2.05) is 30.3 Å². The Kier molecular flexibility index (Phi) is 5.30. The number of ether oxygens (including phenoxy) is 1. The molecular weight excluding hydrogens is 350 g/mol. The first-order valence-corrected chi connectivity index (χ1v) is 8.36. The molecule has 0 radical (unpaired) electrons. The Morgan fingerprint density at radius 3 is 2.67 bits per heavy atom. The Morgan fingerprint density at radius 2 is 2.00 bits per heavy atom. The van der Waals surface area contributed by atoms with E-state index in [1.165, 1.54) is 24.7 Å². The smallest absolute Gasteiger partial charge is 0.302 e. The maximum Gasteiger partial charge on any atom is 0.302 e. The van der Waals surface area contributed by atoms with Gasteiger partial charge in [-0.3, -0.25) is 23.9 Å². The number of aromatic nitrogens is 4. The molecule has 0 unspecified atom stereocenters. The van der Waals surface area contributed by atoms with Crippen LogP contribution in [0.1, 0.15) is 24.2 Å². The number of aromatic amines is 1. The van der Waals surface area contributed by atoms with Crippen molar-refractivity contribution in [3.8, 4) is 0 Å². The van der Waals surface area contributed by atoms with Gasteiger partial charge >= 0.3 is 5.97 Å². The molecule has 0 amide bonds. The number of rotatable bonds is 6. The first kappa shape index (κ1) is 18.3. The standard InChI is InChI=1S/C18H19N5O4/c1-11(24)23-10-19-15-16(23)21-18(22-17(15)26)20-14(9-27-12(2)25)8-13-6-4-3-5-7-13/h3-7,10,14H,8-9H2,1-2H3,(H2,20,21,22,26)/t14-/m0/s1. The number of hydrogen-bond donors (Lipinski definition) is 2. The lowest BCUT2D eigenvalue weighted by Crippen LogP contribution is -2.31. The van der Waals surface area contributed by atoms with E-state index in [0.29, 0.717) is 6.42 Å². The van der Waals surface area contributed by atoms with Crippen molar-refractivity contribution in [2.75, 3.05) is 11.9 Å². The van der Waals surface area contributed by atoms with Crippen molar-refractivity contribution in [3.63, 3.8) is 0 Å². The minimum Gasteiger partial charge on any atom is -0.464 e. The summed E-state index contributed by atoms with van der Waals surface area (Å²) in [6.07, 6.45) is 1.81. The molecule has 0 aliphatic heterocycles. The largest absolute Gasteiger partial charge is 0.464 e. The molecule has 0 fully saturated rings. The summed E-state index contributed by atoms with van der Waals surface area (Å²) in [6, 6.07) is 9.31. The second kappa shape index (κ2) is 7.81. The van der Waals surface area contributed by atoms with E-state index in [9.17, 15) is 14.4 Å². The molecule has 0 aliphatic carbocycles. The van der Waals surface area contributed by atoms with E-state index in [4.69, 9.17) is 4.74 Å². The van der Waals surface area contributed by atoms with Crippen LogP contribution >= 0.6 is 0 Å². The van der Waals surface area contributed by atoms with Gasteiger partial charge in [-0.2, -0.15) is 4.98 Å². The Labute approximate surface area is 154 Å². The lowest BCUT2D eigenvalue weighted by Gasteiger charge is -2.19. The van der Waals surface area contributed by atoms with Crippen LogP contribution < -0.4 is 10.9 Å². The predicted molar refractivity (Wildman–Crippen MR) is 98.6 cm³/mol. The number of imidazole rings is 1. The molecule has 1 atom stereocenters. The lowest BCUT2D eigenvalue weighted by atomic mass is 10.1. The van der Waals surface area contributed by atoms with Crippen molar-refractivity contribution in [2.45, 2.75) is 26.3 Å². The Bertz CT molecular complexity index is 1030. The molecule has 3 aromatic rings. The summed E-state index contributed by atoms with van der Waals surface area (Å²) >= 11 is 0. The van der Waals surface area contributed by atoms with Crippen LogP contribution in [0.3, 0.4) is 0 Å². The van der Waals surface area contributed by atoms with Crippen LogP contribution in [-0.4, -0.2) is 44.0 Å². The summed E-state index contributed by atoms with van der Waals surface area (Å²) in [4.78, 5) is 45.9. The number of carbonyl (C=O) groups is 2. The zero-order chi connectivity index (χ0) is 19.4. The number of nitrogens with zero attached hydrogens (tertiary/aromatic N) is 3. The van der Waals surface area contributed by atoms with Crippen LogP contribution in [0.2, 0.25) is 0 Å². The highest BCUT2D eigenvalue weighted by atomic mass is 16.5. The maximum absolute atomic E-state index is 12.2. The number of carbonyl (C=O) groups excluding carboxylic acids is 2. The molecule has 27 heavy (non-hydrogen) atoms. The molecule has 0 spiro atoms. The zero-order valence-electron chi connectivity index (χ0n) is 14.9. The minimum absolute atomic E-state index is 0.0790. The lowest BCUT2D eigenvalue weighted by molar-refractivity contribution is -0.141. The summed E-state index contributed by atoms with van der Waals surface area (Å²) in [6.45, 7) is 2.78. The van der Waals surface area contributed by atoms with E-state index < -0.39 is 11.5 Å². The second-order valence-electron chi connectivity index (χ2n) is 6.05. The summed E-state index contributed by atoms with van der Waals surface area (Å²) in [5.41, 5.74) is 0.808. The van der Waals surface area contributed by atoms with Gasteiger partial charge in [0.2, 0.25) is 11.9 Å². The van der Waals surface area contributed by atoms with Crippen molar-refractivity contribution in [1.82, 2.24) is 19.5 Å². The number of nitrogens with one attached hydrogen (secondary N) is 2. The van der Waals surface area contributed by atoms with Crippen molar-refractivity contribution in [3.05, 3.63) is 52.6 Å². The molecule has 0 saturated carbocycles. The van der Waals surface area contributed by atoms with Crippen LogP contribution in [0.5, 0.6) is 0 Å². The first-order valence-electron chi connectivity index (χ1n) is 8.36. The maximum atomic E-state index is 12.2. The Morgan fingerprint density at radius 1 is 1.26 bits per heavy atom. The van der Waals surface area contributed by atoms with Gasteiger partial charge in [0, 0.05) is 13.8 Å². The molecule has 1 aromatic carbocycles. The molecule has 2 aromatic heterocycles. The average Bonchev–Trinajstić information content (AvgIpc) is 3.05. The number of esters is 1. The monoisotopic (exact) mass is 369 g/mol. The van der Waals surface area contributed by atoms with Crippen LogP contribution in [0.25, 0.3) is 11.2 Å². The highest BCUT2D eigenvalue weighted by Crippen LogP contribution is 2.11. The minimum atomic E-state index is -0.464. The summed E-state index contributed by atoms with van der Waals surface area (Å²) in [7, 11) is 0. The summed E-state index contributed by atoms with van der Waals surface area (Å²) < 4.78 is 6.32. The summed E-state index contributed by atoms with van der Waals surface area (Å²) in [5, 5.41) is 3.08. The van der Waals surface area contributed by atoms with E-state index in [1.54, 1.807) is 0 Å². The molecule has 2 heterocycles. The normalized spacial score (nSPS) is 11.9. The highest BCUT2D eigenvalue weighted by molar-refractivity contribution is 5.86. The van der Waals surface area contributed by atoms with Crippen LogP contribution in [0, 0.1) is 0 Å². The Balaban J connectivity index is 1.89. The molecule has 0 aliphatic rings. The molecule has 9 heteroatoms. The third-order valence-corrected chi connectivity index (χ3v) is 3.90. The fourth-order valence-electron chi connectivity index (χ4n) is 2.67. The van der Waals surface area contributed by atoms with E-state index >= 15 is 0 Å². The fourth-order valence-corrected chi connectivity index (χ4v) is 2.67. The van der Waals surface area contributed by atoms with Crippen molar-refractivity contribution < 1.29 is 14.3 Å². The molecular formula is C18H19N5O4. The third kappa shape index (κ3) is 4.38. The van der Waals surface area contributed by atoms with Gasteiger partial charge in [-0.1, -0.05) is 30.3 Å². The highest BCUT2D eigenvalue weighted by Gasteiger charge is 2.16. The number of anilines is 1. The molecule has 9 nitrogen and oxygen atoms in total. The van der Waals surface area contributed by atoms with Gasteiger partial charge < -0.3 is 10.1 Å². The summed E-state index contributed by atoms with van der Waals surface area (Å²) in [5.74, 6) is -0.535. The van der Waals surface area contributed by atoms with E-state index in [0.717, 1.165) is 5.56 Å². The first-order chi connectivity index (χ1) is 12.9. The van der Waals surface area contributed by atoms with Crippen molar-refractivity contribution in [1.29, 1.82) is 0 Å². The molecule has 2 N–H and O–H groups in total. The van der Waals surface area contributed by atoms with Crippen molar-refractivity contribution >= 4 is 29.0 Å². The van der Waals surface area contributed by atoms with Gasteiger partial charge in [0.05, 0.1) is 6.04 Å². The van der Waals surface area contributed by atoms with Crippen LogP contribution in [0.15, 0.2) is 41.5 Å². The molecule has 3 rings (SSSR count). The van der Waals surface area contributed by atoms with Gasteiger partial charge in [-0.15, -0.1) is 0 Å². The number of hydrogen-bond acceptors (Lipinski definition) is 7. The number of H-pyrrole nitrogens is 1. The van der Waals surface area contributed by atoms with Crippen LogP contribution in [0.4, 0.5) is 5.95 Å². The van der Waals surface area contributed by atoms with E-state index in [2.05, 4.69) is 20.3 Å². The van der Waals surface area contributed by atoms with Gasteiger partial charge in [0.1, 0.15) is 12.9 Å². The van der Waals surface area contributed by atoms with Gasteiger partial charge in [-0.25, -0.2) is 4.98 Å². The van der Waals surface area contributed by atoms with Gasteiger partial charge in [0.25, 0.3) is 5.56 Å². The quantitative estimate of drug-likeness (QED) is 0.630. The van der Waals surface area contributed by atoms with Crippen LogP contribution in [-0.2, 0) is 16.0 Å². The van der Waals surface area contributed by atoms with Crippen molar-refractivity contribution in [2.24, 2.45) is 0 Å². The molecule has 0 bridgehead atoms. The van der Waals surface area contributed by atoms with Gasteiger partial charge in [0.15, 0.2) is 11.2 Å². The average molecular weight is 369 g/mol. The molecule has 0 saturated heterocycles. The second-order valence-corrected chi connectivity index (χ2v) is 6.05. The third-order valence-electron chi connectivity index (χ3n) is 3.90. The van der Waals surface area contributed by atoms with Gasteiger partial charge in [-0.05, 0) is 12.0 Å². The number of fused-ring (bicyclic) bond motifs is 1. The predicted octanol–water partition coefficient (Wildman–Crippen LogP) is 1.37. The van der Waals surface area contributed by atoms with E-state index in [-0.39, 0.29) is 35.7 Å².